The van der Waals surface area contributed by atoms with Crippen LogP contribution in [-0.2, 0) is 0 Å². The molecule has 1 saturated carbocycles. The van der Waals surface area contributed by atoms with Crippen LogP contribution in [0.1, 0.15) is 32.6 Å². The van der Waals surface area contributed by atoms with Crippen LogP contribution in [0.15, 0.2) is 17.9 Å². The van der Waals surface area contributed by atoms with Gasteiger partial charge in [-0.05, 0) is 31.6 Å². The average Bonchev–Trinajstić information content (AvgIpc) is 2.01. The molecule has 0 aromatic rings. The Morgan fingerprint density at radius 3 is 3.18 bits per heavy atom. The van der Waals surface area contributed by atoms with E-state index in [9.17, 15) is 0 Å². The molecule has 0 aromatic heterocycles. The van der Waals surface area contributed by atoms with Gasteiger partial charge in [0, 0.05) is 11.9 Å². The fourth-order valence-corrected chi connectivity index (χ4v) is 1.50. The molecule has 62 valence electrons. The van der Waals surface area contributed by atoms with Gasteiger partial charge in [-0.2, -0.15) is 5.10 Å². The molecule has 11 heavy (non-hydrogen) atoms. The van der Waals surface area contributed by atoms with E-state index in [1.54, 1.807) is 6.20 Å². The fraction of sp³-hybridized carbons (Fsp3) is 0.667. The Labute approximate surface area is 68.4 Å². The summed E-state index contributed by atoms with van der Waals surface area (Å²) in [6.07, 6.45) is 6.57. The summed E-state index contributed by atoms with van der Waals surface area (Å²) in [4.78, 5) is 0. The van der Waals surface area contributed by atoms with E-state index in [0.717, 1.165) is 18.8 Å². The van der Waals surface area contributed by atoms with E-state index in [0.29, 0.717) is 0 Å². The molecule has 1 aliphatic rings. The highest BCUT2D eigenvalue weighted by molar-refractivity contribution is 5.85. The molecular weight excluding hydrogens is 136 g/mol. The summed E-state index contributed by atoms with van der Waals surface area (Å²) < 4.78 is 0. The van der Waals surface area contributed by atoms with Crippen molar-refractivity contribution >= 4 is 5.71 Å². The van der Waals surface area contributed by atoms with Gasteiger partial charge in [0.2, 0.25) is 0 Å². The van der Waals surface area contributed by atoms with Crippen molar-refractivity contribution < 1.29 is 0 Å². The number of nitrogens with one attached hydrogen (secondary N) is 1. The molecule has 2 nitrogen and oxygen atoms in total. The van der Waals surface area contributed by atoms with E-state index in [1.165, 1.54) is 18.6 Å². The number of hydrogen-bond acceptors (Lipinski definition) is 2. The molecule has 0 aromatic carbocycles. The van der Waals surface area contributed by atoms with E-state index in [1.807, 2.05) is 0 Å². The van der Waals surface area contributed by atoms with Gasteiger partial charge >= 0.3 is 0 Å². The Balaban J connectivity index is 2.38. The summed E-state index contributed by atoms with van der Waals surface area (Å²) in [6.45, 7) is 5.83. The average molecular weight is 152 g/mol. The third-order valence-corrected chi connectivity index (χ3v) is 2.06. The van der Waals surface area contributed by atoms with Gasteiger partial charge in [-0.1, -0.05) is 13.5 Å². The van der Waals surface area contributed by atoms with Gasteiger partial charge in [0.15, 0.2) is 0 Å². The summed E-state index contributed by atoms with van der Waals surface area (Å²) in [7, 11) is 0. The van der Waals surface area contributed by atoms with Crippen LogP contribution in [0, 0.1) is 5.92 Å². The lowest BCUT2D eigenvalue weighted by molar-refractivity contribution is 0.498. The molecule has 1 N–H and O–H groups in total. The zero-order valence-electron chi connectivity index (χ0n) is 7.14. The van der Waals surface area contributed by atoms with Gasteiger partial charge in [-0.25, -0.2) is 0 Å². The Morgan fingerprint density at radius 2 is 2.55 bits per heavy atom. The molecule has 1 atom stereocenters. The minimum Gasteiger partial charge on any atom is -0.286 e. The van der Waals surface area contributed by atoms with Crippen molar-refractivity contribution in [1.29, 1.82) is 0 Å². The molecule has 1 fully saturated rings. The maximum atomic E-state index is 4.20. The third-order valence-electron chi connectivity index (χ3n) is 2.06. The Bertz CT molecular complexity index is 161. The number of nitrogens with zero attached hydrogens (tertiary/aromatic N) is 1. The fourth-order valence-electron chi connectivity index (χ4n) is 1.50. The first kappa shape index (κ1) is 8.31. The van der Waals surface area contributed by atoms with Crippen molar-refractivity contribution in [2.75, 3.05) is 0 Å². The molecule has 0 aliphatic heterocycles. The lowest BCUT2D eigenvalue weighted by Gasteiger charge is -2.18. The van der Waals surface area contributed by atoms with E-state index < -0.39 is 0 Å². The Kier molecular flexibility index (Phi) is 3.14. The van der Waals surface area contributed by atoms with Crippen LogP contribution in [-0.4, -0.2) is 5.71 Å². The molecule has 0 radical (unpaired) electrons. The van der Waals surface area contributed by atoms with E-state index >= 15 is 0 Å². The van der Waals surface area contributed by atoms with Gasteiger partial charge in [0.25, 0.3) is 0 Å². The normalized spacial score (nSPS) is 28.5. The van der Waals surface area contributed by atoms with Crippen LogP contribution in [0.3, 0.4) is 0 Å². The zero-order chi connectivity index (χ0) is 8.10. The molecule has 1 aliphatic carbocycles. The monoisotopic (exact) mass is 152 g/mol. The standard InChI is InChI=1S/C9H16N2/c1-3-10-11-9-6-4-5-8(2)7-9/h3,8,10H,1,4-7H2,2H3/b11-9-. The predicted octanol–water partition coefficient (Wildman–Crippen LogP) is 2.29. The van der Waals surface area contributed by atoms with Crippen molar-refractivity contribution in [2.24, 2.45) is 11.0 Å². The van der Waals surface area contributed by atoms with E-state index in [-0.39, 0.29) is 0 Å². The minimum atomic E-state index is 0.814. The van der Waals surface area contributed by atoms with Gasteiger partial charge in [0.05, 0.1) is 0 Å². The molecule has 1 unspecified atom stereocenters. The summed E-state index contributed by atoms with van der Waals surface area (Å²) in [5.41, 5.74) is 4.09. The number of hydrazone groups is 1. The molecule has 0 saturated heterocycles. The van der Waals surface area contributed by atoms with Gasteiger partial charge < -0.3 is 0 Å². The number of rotatable bonds is 2. The van der Waals surface area contributed by atoms with Gasteiger partial charge in [-0.3, -0.25) is 5.43 Å². The summed E-state index contributed by atoms with van der Waals surface area (Å²) >= 11 is 0. The highest BCUT2D eigenvalue weighted by Crippen LogP contribution is 2.20. The van der Waals surface area contributed by atoms with Crippen molar-refractivity contribution in [3.63, 3.8) is 0 Å². The van der Waals surface area contributed by atoms with Crippen LogP contribution in [0.2, 0.25) is 0 Å². The first-order chi connectivity index (χ1) is 5.33. The quantitative estimate of drug-likeness (QED) is 0.603. The smallest absolute Gasteiger partial charge is 0.0385 e. The summed E-state index contributed by atoms with van der Waals surface area (Å²) in [5.74, 6) is 0.814. The van der Waals surface area contributed by atoms with E-state index in [4.69, 9.17) is 0 Å². The maximum Gasteiger partial charge on any atom is 0.0385 e. The first-order valence-electron chi connectivity index (χ1n) is 4.25. The van der Waals surface area contributed by atoms with Crippen LogP contribution in [0.25, 0.3) is 0 Å². The van der Waals surface area contributed by atoms with Crippen LogP contribution < -0.4 is 5.43 Å². The van der Waals surface area contributed by atoms with Crippen molar-refractivity contribution in [1.82, 2.24) is 5.43 Å². The second-order valence-corrected chi connectivity index (χ2v) is 3.21. The van der Waals surface area contributed by atoms with Crippen molar-refractivity contribution in [2.45, 2.75) is 32.6 Å². The van der Waals surface area contributed by atoms with Gasteiger partial charge in [0.1, 0.15) is 0 Å². The Morgan fingerprint density at radius 1 is 1.73 bits per heavy atom. The lowest BCUT2D eigenvalue weighted by Crippen LogP contribution is -2.14. The highest BCUT2D eigenvalue weighted by atomic mass is 15.3. The van der Waals surface area contributed by atoms with E-state index in [2.05, 4.69) is 24.0 Å². The summed E-state index contributed by atoms with van der Waals surface area (Å²) in [6, 6.07) is 0. The molecule has 2 heteroatoms. The zero-order valence-corrected chi connectivity index (χ0v) is 7.14. The van der Waals surface area contributed by atoms with Crippen LogP contribution >= 0.6 is 0 Å². The highest BCUT2D eigenvalue weighted by Gasteiger charge is 2.13. The van der Waals surface area contributed by atoms with Crippen molar-refractivity contribution in [3.05, 3.63) is 12.8 Å². The Hall–Kier alpha value is -0.790. The second-order valence-electron chi connectivity index (χ2n) is 3.21. The largest absolute Gasteiger partial charge is 0.286 e. The summed E-state index contributed by atoms with van der Waals surface area (Å²) in [5, 5.41) is 4.20. The molecule has 0 spiro atoms. The van der Waals surface area contributed by atoms with Crippen LogP contribution in [0.4, 0.5) is 0 Å². The topological polar surface area (TPSA) is 24.4 Å². The predicted molar refractivity (Wildman–Crippen MR) is 48.4 cm³/mol. The lowest BCUT2D eigenvalue weighted by atomic mass is 9.89. The third kappa shape index (κ3) is 2.74. The molecule has 1 rings (SSSR count). The van der Waals surface area contributed by atoms with Crippen LogP contribution in [0.5, 0.6) is 0 Å². The molecular formula is C9H16N2. The van der Waals surface area contributed by atoms with Crippen molar-refractivity contribution in [3.8, 4) is 0 Å². The molecule has 0 heterocycles. The SMILES string of the molecule is C=CN/N=C1/CCCC(C)C1. The second kappa shape index (κ2) is 4.16. The molecule has 0 bridgehead atoms. The number of hydrogen-bond donors (Lipinski definition) is 1. The van der Waals surface area contributed by atoms with Gasteiger partial charge in [-0.15, -0.1) is 0 Å². The minimum absolute atomic E-state index is 0.814. The first-order valence-corrected chi connectivity index (χ1v) is 4.25. The molecule has 0 amide bonds. The maximum absolute atomic E-state index is 4.20.